The number of hydroxylamine groups is 2. The quantitative estimate of drug-likeness (QED) is 0.831. The molecule has 1 unspecified atom stereocenters. The van der Waals surface area contributed by atoms with Crippen LogP contribution in [0.4, 0.5) is 5.69 Å². The average Bonchev–Trinajstić information content (AvgIpc) is 2.49. The number of anilines is 1. The van der Waals surface area contributed by atoms with Crippen molar-refractivity contribution < 1.29 is 10.0 Å². The zero-order valence-electron chi connectivity index (χ0n) is 11.8. The third-order valence-electron chi connectivity index (χ3n) is 3.48. The van der Waals surface area contributed by atoms with Crippen molar-refractivity contribution in [1.29, 1.82) is 0 Å². The molecule has 0 bridgehead atoms. The first-order valence-corrected chi connectivity index (χ1v) is 7.12. The topological polar surface area (TPSA) is 64.9 Å². The summed E-state index contributed by atoms with van der Waals surface area (Å²) in [4.78, 5) is 15.4. The molecule has 0 aromatic heterocycles. The second kappa shape index (κ2) is 5.79. The number of carbonyl (C=O) groups excluding carboxylic acids is 1. The average molecular weight is 316 g/mol. The van der Waals surface area contributed by atoms with E-state index in [1.165, 1.54) is 13.1 Å². The molecule has 2 N–H and O–H groups in total. The van der Waals surface area contributed by atoms with E-state index >= 15 is 0 Å². The van der Waals surface area contributed by atoms with Crippen LogP contribution < -0.4 is 5.32 Å². The number of aliphatic imine (C=N–C) groups is 1. The lowest BCUT2D eigenvalue weighted by Crippen LogP contribution is -2.26. The van der Waals surface area contributed by atoms with Crippen LogP contribution >= 0.6 is 11.6 Å². The zero-order valence-corrected chi connectivity index (χ0v) is 12.6. The smallest absolute Gasteiger partial charge is 0.221 e. The summed E-state index contributed by atoms with van der Waals surface area (Å²) in [5.41, 5.74) is 1.58. The lowest BCUT2D eigenvalue weighted by Gasteiger charge is -2.27. The molecule has 0 saturated carbocycles. The molecular weight excluding hydrogens is 302 g/mol. The van der Waals surface area contributed by atoms with Gasteiger partial charge in [0.2, 0.25) is 5.91 Å². The van der Waals surface area contributed by atoms with Crippen molar-refractivity contribution >= 4 is 40.2 Å². The number of benzene rings is 2. The van der Waals surface area contributed by atoms with Gasteiger partial charge in [0.05, 0.1) is 6.20 Å². The van der Waals surface area contributed by atoms with E-state index in [9.17, 15) is 10.0 Å². The van der Waals surface area contributed by atoms with Crippen LogP contribution in [-0.4, -0.2) is 22.4 Å². The van der Waals surface area contributed by atoms with Gasteiger partial charge in [0, 0.05) is 24.2 Å². The maximum Gasteiger partial charge on any atom is 0.221 e. The molecule has 2 aromatic rings. The molecular formula is C16H14ClN3O2. The number of nitrogens with one attached hydrogen (secondary N) is 1. The molecule has 2 aromatic carbocycles. The minimum absolute atomic E-state index is 0.133. The fraction of sp³-hybridized carbons (Fsp3) is 0.125. The van der Waals surface area contributed by atoms with Crippen molar-refractivity contribution in [2.75, 3.05) is 5.32 Å². The molecule has 0 saturated heterocycles. The van der Waals surface area contributed by atoms with Crippen LogP contribution in [0.2, 0.25) is 0 Å². The molecule has 22 heavy (non-hydrogen) atoms. The summed E-state index contributed by atoms with van der Waals surface area (Å²) in [5.74, 6) is -0.133. The van der Waals surface area contributed by atoms with E-state index in [0.29, 0.717) is 0 Å². The highest BCUT2D eigenvalue weighted by molar-refractivity contribution is 6.29. The largest absolute Gasteiger partial charge is 0.326 e. The van der Waals surface area contributed by atoms with E-state index in [-0.39, 0.29) is 11.1 Å². The number of amides is 1. The van der Waals surface area contributed by atoms with E-state index in [0.717, 1.165) is 27.1 Å². The molecule has 1 aliphatic rings. The van der Waals surface area contributed by atoms with E-state index in [1.54, 1.807) is 6.21 Å². The Morgan fingerprint density at radius 2 is 2.00 bits per heavy atom. The van der Waals surface area contributed by atoms with E-state index in [4.69, 9.17) is 11.6 Å². The number of carbonyl (C=O) groups is 1. The lowest BCUT2D eigenvalue weighted by atomic mass is 9.97. The number of nitrogens with zero attached hydrogens (tertiary/aromatic N) is 2. The second-order valence-electron chi connectivity index (χ2n) is 4.97. The first kappa shape index (κ1) is 14.6. The highest BCUT2D eigenvalue weighted by Crippen LogP contribution is 2.33. The summed E-state index contributed by atoms with van der Waals surface area (Å²) in [6.07, 6.45) is 3.00. The Bertz CT molecular complexity index is 801. The van der Waals surface area contributed by atoms with Crippen molar-refractivity contribution in [2.45, 2.75) is 13.0 Å². The summed E-state index contributed by atoms with van der Waals surface area (Å²) in [5, 5.41) is 15.9. The summed E-state index contributed by atoms with van der Waals surface area (Å²) < 4.78 is 0. The Morgan fingerprint density at radius 1 is 1.27 bits per heavy atom. The third-order valence-corrected chi connectivity index (χ3v) is 3.75. The second-order valence-corrected chi connectivity index (χ2v) is 5.36. The van der Waals surface area contributed by atoms with Gasteiger partial charge in [-0.05, 0) is 17.0 Å². The molecule has 0 fully saturated rings. The molecule has 6 heteroatoms. The Balaban J connectivity index is 2.14. The van der Waals surface area contributed by atoms with Gasteiger partial charge in [-0.3, -0.25) is 15.0 Å². The molecule has 1 aliphatic heterocycles. The fourth-order valence-corrected chi connectivity index (χ4v) is 2.71. The van der Waals surface area contributed by atoms with Crippen LogP contribution in [0.5, 0.6) is 0 Å². The van der Waals surface area contributed by atoms with Gasteiger partial charge < -0.3 is 5.32 Å². The standard InChI is InChI=1S/C16H14ClN3O2/c1-10(21)19-14-7-3-4-11-12(14)5-2-6-13(11)15-8-18-9-16(17)20(15)22/h2-9,15,22H,1H3,(H,19,21). The van der Waals surface area contributed by atoms with Crippen LogP contribution in [0, 0.1) is 0 Å². The Kier molecular flexibility index (Phi) is 3.83. The summed E-state index contributed by atoms with van der Waals surface area (Å²) in [7, 11) is 0. The van der Waals surface area contributed by atoms with Gasteiger partial charge in [0.15, 0.2) is 0 Å². The molecule has 1 amide bonds. The molecule has 112 valence electrons. The highest BCUT2D eigenvalue weighted by Gasteiger charge is 2.23. The monoisotopic (exact) mass is 315 g/mol. The zero-order chi connectivity index (χ0) is 15.7. The Labute approximate surface area is 132 Å². The van der Waals surface area contributed by atoms with E-state index < -0.39 is 6.04 Å². The number of hydrogen-bond donors (Lipinski definition) is 2. The Hall–Kier alpha value is -2.37. The molecule has 1 atom stereocenters. The predicted molar refractivity (Wildman–Crippen MR) is 87.0 cm³/mol. The van der Waals surface area contributed by atoms with Gasteiger partial charge >= 0.3 is 0 Å². The lowest BCUT2D eigenvalue weighted by molar-refractivity contribution is -0.114. The molecule has 3 rings (SSSR count). The third kappa shape index (κ3) is 2.56. The molecule has 0 spiro atoms. The SMILES string of the molecule is CC(=O)Nc1cccc2c(C3C=NC=C(Cl)N3O)cccc12. The van der Waals surface area contributed by atoms with Crippen LogP contribution in [0.1, 0.15) is 18.5 Å². The summed E-state index contributed by atoms with van der Waals surface area (Å²) >= 11 is 5.93. The number of rotatable bonds is 2. The first-order valence-electron chi connectivity index (χ1n) is 6.74. The molecule has 5 nitrogen and oxygen atoms in total. The van der Waals surface area contributed by atoms with Gasteiger partial charge in [-0.2, -0.15) is 0 Å². The van der Waals surface area contributed by atoms with Gasteiger partial charge in [-0.15, -0.1) is 0 Å². The van der Waals surface area contributed by atoms with Crippen molar-refractivity contribution in [3.8, 4) is 0 Å². The minimum Gasteiger partial charge on any atom is -0.326 e. The van der Waals surface area contributed by atoms with Gasteiger partial charge in [0.1, 0.15) is 11.2 Å². The van der Waals surface area contributed by atoms with Gasteiger partial charge in [-0.25, -0.2) is 5.06 Å². The van der Waals surface area contributed by atoms with Gasteiger partial charge in [0.25, 0.3) is 0 Å². The van der Waals surface area contributed by atoms with Crippen LogP contribution in [0.3, 0.4) is 0 Å². The van der Waals surface area contributed by atoms with Crippen molar-refractivity contribution in [3.05, 3.63) is 53.3 Å². The maximum atomic E-state index is 11.3. The molecule has 1 heterocycles. The van der Waals surface area contributed by atoms with Crippen LogP contribution in [0.15, 0.2) is 52.7 Å². The van der Waals surface area contributed by atoms with Crippen molar-refractivity contribution in [3.63, 3.8) is 0 Å². The summed E-state index contributed by atoms with van der Waals surface area (Å²) in [6.45, 7) is 1.47. The van der Waals surface area contributed by atoms with Gasteiger partial charge in [-0.1, -0.05) is 41.9 Å². The highest BCUT2D eigenvalue weighted by atomic mass is 35.5. The van der Waals surface area contributed by atoms with E-state index in [2.05, 4.69) is 10.3 Å². The van der Waals surface area contributed by atoms with Crippen LogP contribution in [-0.2, 0) is 4.79 Å². The summed E-state index contributed by atoms with van der Waals surface area (Å²) in [6, 6.07) is 10.8. The fourth-order valence-electron chi connectivity index (χ4n) is 2.54. The van der Waals surface area contributed by atoms with Crippen molar-refractivity contribution in [2.24, 2.45) is 4.99 Å². The maximum absolute atomic E-state index is 11.3. The first-order chi connectivity index (χ1) is 10.6. The van der Waals surface area contributed by atoms with E-state index in [1.807, 2.05) is 36.4 Å². The Morgan fingerprint density at radius 3 is 2.77 bits per heavy atom. The van der Waals surface area contributed by atoms with Crippen LogP contribution in [0.25, 0.3) is 10.8 Å². The van der Waals surface area contributed by atoms with Crippen molar-refractivity contribution in [1.82, 2.24) is 5.06 Å². The normalized spacial score (nSPS) is 17.5. The number of fused-ring (bicyclic) bond motifs is 1. The molecule has 0 radical (unpaired) electrons. The minimum atomic E-state index is -0.478. The molecule has 0 aliphatic carbocycles. The number of hydrogen-bond acceptors (Lipinski definition) is 4. The number of halogens is 1. The predicted octanol–water partition coefficient (Wildman–Crippen LogP) is 3.65.